The minimum Gasteiger partial charge on any atom is -0.463 e. The van der Waals surface area contributed by atoms with Crippen LogP contribution < -0.4 is 5.32 Å². The van der Waals surface area contributed by atoms with Gasteiger partial charge in [0, 0.05) is 13.1 Å². The molecule has 0 aliphatic rings. The Kier molecular flexibility index (Phi) is 14.9. The average molecular weight is 419 g/mol. The highest BCUT2D eigenvalue weighted by Crippen LogP contribution is 2.07. The van der Waals surface area contributed by atoms with E-state index in [-0.39, 0.29) is 18.6 Å². The van der Waals surface area contributed by atoms with E-state index in [1.807, 2.05) is 32.6 Å². The Bertz CT molecular complexity index is 448. The standard InChI is InChI=1S/C21H42N2O6/c1-7-17(5)28-20(26)12-19(21(27)29-18(6)8-2)22-10-9-11-23(13-15(3)24)14-16(4)25/h15-19,22,24-25H,7-14H2,1-6H3. The first kappa shape index (κ1) is 27.8. The van der Waals surface area contributed by atoms with Gasteiger partial charge in [0.15, 0.2) is 0 Å². The number of nitrogens with one attached hydrogen (secondary N) is 1. The molecule has 0 aromatic carbocycles. The fourth-order valence-electron chi connectivity index (χ4n) is 2.71. The molecule has 0 rings (SSSR count). The maximum atomic E-state index is 12.5. The number of carbonyl (C=O) groups excluding carboxylic acids is 2. The summed E-state index contributed by atoms with van der Waals surface area (Å²) in [4.78, 5) is 26.6. The highest BCUT2D eigenvalue weighted by atomic mass is 16.6. The zero-order chi connectivity index (χ0) is 22.4. The average Bonchev–Trinajstić information content (AvgIpc) is 2.62. The van der Waals surface area contributed by atoms with E-state index in [9.17, 15) is 19.8 Å². The monoisotopic (exact) mass is 418 g/mol. The number of esters is 2. The van der Waals surface area contributed by atoms with Crippen LogP contribution in [0, 0.1) is 0 Å². The highest BCUT2D eigenvalue weighted by Gasteiger charge is 2.25. The molecule has 0 bridgehead atoms. The molecule has 0 heterocycles. The molecule has 8 heteroatoms. The number of aliphatic hydroxyl groups is 2. The second-order valence-electron chi connectivity index (χ2n) is 7.89. The van der Waals surface area contributed by atoms with Crippen molar-refractivity contribution in [3.8, 4) is 0 Å². The van der Waals surface area contributed by atoms with E-state index in [2.05, 4.69) is 5.32 Å². The zero-order valence-electron chi connectivity index (χ0n) is 19.0. The van der Waals surface area contributed by atoms with Crippen LogP contribution in [0.25, 0.3) is 0 Å². The number of ether oxygens (including phenoxy) is 2. The van der Waals surface area contributed by atoms with Crippen LogP contribution in [0.4, 0.5) is 0 Å². The van der Waals surface area contributed by atoms with Gasteiger partial charge >= 0.3 is 11.9 Å². The van der Waals surface area contributed by atoms with Gasteiger partial charge in [-0.2, -0.15) is 0 Å². The topological polar surface area (TPSA) is 108 Å². The van der Waals surface area contributed by atoms with Crippen molar-refractivity contribution in [2.75, 3.05) is 26.2 Å². The summed E-state index contributed by atoms with van der Waals surface area (Å²) in [6.07, 6.45) is 0.628. The van der Waals surface area contributed by atoms with E-state index in [0.29, 0.717) is 45.4 Å². The molecule has 0 aliphatic carbocycles. The minimum atomic E-state index is -0.762. The fraction of sp³-hybridized carbons (Fsp3) is 0.905. The van der Waals surface area contributed by atoms with E-state index in [0.717, 1.165) is 0 Å². The predicted octanol–water partition coefficient (Wildman–Crippen LogP) is 1.47. The Hall–Kier alpha value is -1.22. The predicted molar refractivity (Wildman–Crippen MR) is 113 cm³/mol. The van der Waals surface area contributed by atoms with Gasteiger partial charge in [0.1, 0.15) is 6.04 Å². The lowest BCUT2D eigenvalue weighted by Crippen LogP contribution is -2.43. The van der Waals surface area contributed by atoms with Gasteiger partial charge in [-0.05, 0) is 60.0 Å². The Labute approximate surface area is 175 Å². The molecular formula is C21H42N2O6. The van der Waals surface area contributed by atoms with Gasteiger partial charge in [-0.1, -0.05) is 13.8 Å². The highest BCUT2D eigenvalue weighted by molar-refractivity contribution is 5.82. The van der Waals surface area contributed by atoms with E-state index in [1.165, 1.54) is 0 Å². The van der Waals surface area contributed by atoms with Crippen LogP contribution in [0.1, 0.15) is 67.2 Å². The van der Waals surface area contributed by atoms with Crippen LogP contribution in [0.3, 0.4) is 0 Å². The SMILES string of the molecule is CCC(C)OC(=O)CC(NCCCN(CC(C)O)CC(C)O)C(=O)OC(C)CC. The molecule has 29 heavy (non-hydrogen) atoms. The molecule has 0 saturated heterocycles. The van der Waals surface area contributed by atoms with Gasteiger partial charge in [-0.25, -0.2) is 0 Å². The van der Waals surface area contributed by atoms with Crippen molar-refractivity contribution in [3.05, 3.63) is 0 Å². The van der Waals surface area contributed by atoms with E-state index in [4.69, 9.17) is 9.47 Å². The summed E-state index contributed by atoms with van der Waals surface area (Å²) in [5, 5.41) is 22.3. The Morgan fingerprint density at radius 2 is 1.45 bits per heavy atom. The maximum Gasteiger partial charge on any atom is 0.324 e. The summed E-state index contributed by atoms with van der Waals surface area (Å²) in [6, 6.07) is -0.762. The van der Waals surface area contributed by atoms with Gasteiger partial charge in [0.2, 0.25) is 0 Å². The number of aliphatic hydroxyl groups excluding tert-OH is 2. The van der Waals surface area contributed by atoms with E-state index >= 15 is 0 Å². The number of hydrogen-bond donors (Lipinski definition) is 3. The quantitative estimate of drug-likeness (QED) is 0.255. The fourth-order valence-corrected chi connectivity index (χ4v) is 2.71. The summed E-state index contributed by atoms with van der Waals surface area (Å²) >= 11 is 0. The van der Waals surface area contributed by atoms with Crippen molar-refractivity contribution in [3.63, 3.8) is 0 Å². The third kappa shape index (κ3) is 14.4. The second-order valence-corrected chi connectivity index (χ2v) is 7.89. The maximum absolute atomic E-state index is 12.5. The number of nitrogens with zero attached hydrogens (tertiary/aromatic N) is 1. The Morgan fingerprint density at radius 1 is 0.931 bits per heavy atom. The smallest absolute Gasteiger partial charge is 0.324 e. The van der Waals surface area contributed by atoms with Crippen molar-refractivity contribution < 1.29 is 29.3 Å². The molecule has 3 N–H and O–H groups in total. The van der Waals surface area contributed by atoms with E-state index < -0.39 is 30.2 Å². The third-order valence-electron chi connectivity index (χ3n) is 4.54. The van der Waals surface area contributed by atoms with Crippen LogP contribution in [0.15, 0.2) is 0 Å². The van der Waals surface area contributed by atoms with Crippen molar-refractivity contribution in [2.45, 2.75) is 97.7 Å². The van der Waals surface area contributed by atoms with Gasteiger partial charge in [-0.3, -0.25) is 14.5 Å². The Balaban J connectivity index is 4.72. The normalized spacial score (nSPS) is 16.7. The summed E-state index contributed by atoms with van der Waals surface area (Å²) < 4.78 is 10.7. The Morgan fingerprint density at radius 3 is 1.93 bits per heavy atom. The molecule has 5 atom stereocenters. The summed E-state index contributed by atoms with van der Waals surface area (Å²) in [6.45, 7) is 13.0. The molecule has 0 aliphatic heterocycles. The number of rotatable bonds is 16. The van der Waals surface area contributed by atoms with Crippen molar-refractivity contribution in [2.24, 2.45) is 0 Å². The lowest BCUT2D eigenvalue weighted by Gasteiger charge is -2.25. The van der Waals surface area contributed by atoms with Crippen molar-refractivity contribution in [1.82, 2.24) is 10.2 Å². The molecular weight excluding hydrogens is 376 g/mol. The molecule has 172 valence electrons. The molecule has 8 nitrogen and oxygen atoms in total. The molecule has 0 aromatic heterocycles. The van der Waals surface area contributed by atoms with Gasteiger partial charge in [0.05, 0.1) is 30.8 Å². The van der Waals surface area contributed by atoms with Gasteiger partial charge < -0.3 is 25.0 Å². The lowest BCUT2D eigenvalue weighted by molar-refractivity contribution is -0.157. The first-order valence-electron chi connectivity index (χ1n) is 10.8. The van der Waals surface area contributed by atoms with Crippen molar-refractivity contribution in [1.29, 1.82) is 0 Å². The minimum absolute atomic E-state index is 0.0787. The van der Waals surface area contributed by atoms with Gasteiger partial charge in [0.25, 0.3) is 0 Å². The summed E-state index contributed by atoms with van der Waals surface area (Å²) in [5.74, 6) is -0.881. The molecule has 5 unspecified atom stereocenters. The largest absolute Gasteiger partial charge is 0.463 e. The van der Waals surface area contributed by atoms with Crippen molar-refractivity contribution >= 4 is 11.9 Å². The van der Waals surface area contributed by atoms with Crippen LogP contribution >= 0.6 is 0 Å². The van der Waals surface area contributed by atoms with Crippen LogP contribution in [-0.2, 0) is 19.1 Å². The molecule has 0 amide bonds. The summed E-state index contributed by atoms with van der Waals surface area (Å²) in [5.41, 5.74) is 0. The zero-order valence-corrected chi connectivity index (χ0v) is 19.0. The number of carbonyl (C=O) groups is 2. The molecule has 0 fully saturated rings. The molecule has 0 saturated carbocycles. The van der Waals surface area contributed by atoms with Crippen LogP contribution in [-0.4, -0.2) is 83.7 Å². The van der Waals surface area contributed by atoms with E-state index in [1.54, 1.807) is 13.8 Å². The first-order chi connectivity index (χ1) is 13.6. The lowest BCUT2D eigenvalue weighted by atomic mass is 10.2. The molecule has 0 radical (unpaired) electrons. The molecule has 0 spiro atoms. The third-order valence-corrected chi connectivity index (χ3v) is 4.54. The van der Waals surface area contributed by atoms with Crippen LogP contribution in [0.2, 0.25) is 0 Å². The number of hydrogen-bond acceptors (Lipinski definition) is 8. The second kappa shape index (κ2) is 15.6. The van der Waals surface area contributed by atoms with Gasteiger partial charge in [-0.15, -0.1) is 0 Å². The van der Waals surface area contributed by atoms with Crippen LogP contribution in [0.5, 0.6) is 0 Å². The first-order valence-corrected chi connectivity index (χ1v) is 10.8. The molecule has 0 aromatic rings. The summed E-state index contributed by atoms with van der Waals surface area (Å²) in [7, 11) is 0.